The van der Waals surface area contributed by atoms with Crippen LogP contribution in [-0.4, -0.2) is 34.7 Å². The number of aromatic amines is 1. The van der Waals surface area contributed by atoms with Crippen LogP contribution in [0.1, 0.15) is 35.0 Å². The molecule has 1 aliphatic heterocycles. The lowest BCUT2D eigenvalue weighted by Gasteiger charge is -2.22. The molecule has 0 bridgehead atoms. The monoisotopic (exact) mass is 344 g/mol. The molecule has 3 rings (SSSR count). The maximum atomic E-state index is 12.3. The zero-order valence-corrected chi connectivity index (χ0v) is 14.8. The topological polar surface area (TPSA) is 69.8 Å². The van der Waals surface area contributed by atoms with Gasteiger partial charge in [-0.3, -0.25) is 4.79 Å². The second-order valence-electron chi connectivity index (χ2n) is 6.09. The number of nitrogens with one attached hydrogen (secondary N) is 3. The van der Waals surface area contributed by atoms with E-state index in [1.54, 1.807) is 6.33 Å². The number of benzene rings is 1. The Labute approximate surface area is 147 Å². The first kappa shape index (κ1) is 17.0. The molecule has 0 radical (unpaired) electrons. The number of nitrogens with zero attached hydrogens (tertiary/aromatic N) is 1. The number of fused-ring (bicyclic) bond motifs is 1. The van der Waals surface area contributed by atoms with E-state index in [1.165, 1.54) is 11.1 Å². The van der Waals surface area contributed by atoms with Gasteiger partial charge in [0.2, 0.25) is 5.91 Å². The van der Waals surface area contributed by atoms with Crippen LogP contribution in [0.2, 0.25) is 0 Å². The van der Waals surface area contributed by atoms with E-state index in [0.29, 0.717) is 6.54 Å². The Hall–Kier alpha value is -1.79. The number of aromatic nitrogens is 2. The van der Waals surface area contributed by atoms with Crippen molar-refractivity contribution in [1.82, 2.24) is 20.6 Å². The van der Waals surface area contributed by atoms with E-state index >= 15 is 0 Å². The minimum absolute atomic E-state index is 0.0201. The zero-order chi connectivity index (χ0) is 16.8. The summed E-state index contributed by atoms with van der Waals surface area (Å²) in [6.45, 7) is 3.63. The molecule has 0 saturated carbocycles. The third-order valence-corrected chi connectivity index (χ3v) is 5.24. The van der Waals surface area contributed by atoms with E-state index in [2.05, 4.69) is 51.8 Å². The molecule has 6 heteroatoms. The standard InChI is InChI=1S/C18H24N4OS/c1-13-4-2-5-14(10-13)11-24-9-3-7-20-18(23)17-16-15(6-8-19-17)21-12-22-16/h2,4-5,10,12,17,19H,3,6-9,11H2,1H3,(H,20,23)(H,21,22)/t17-/m1/s1. The van der Waals surface area contributed by atoms with Crippen LogP contribution in [0, 0.1) is 6.92 Å². The summed E-state index contributed by atoms with van der Waals surface area (Å²) in [4.78, 5) is 19.7. The number of H-pyrrole nitrogens is 1. The van der Waals surface area contributed by atoms with Gasteiger partial charge in [0.1, 0.15) is 6.04 Å². The van der Waals surface area contributed by atoms with Gasteiger partial charge in [0.25, 0.3) is 0 Å². The Morgan fingerprint density at radius 3 is 3.25 bits per heavy atom. The average molecular weight is 344 g/mol. The summed E-state index contributed by atoms with van der Waals surface area (Å²) < 4.78 is 0. The van der Waals surface area contributed by atoms with Crippen molar-refractivity contribution in [2.75, 3.05) is 18.8 Å². The minimum atomic E-state index is -0.319. The molecular weight excluding hydrogens is 320 g/mol. The number of thioether (sulfide) groups is 1. The normalized spacial score (nSPS) is 16.6. The number of hydrogen-bond acceptors (Lipinski definition) is 4. The molecular formula is C18H24N4OS. The lowest BCUT2D eigenvalue weighted by atomic mass is 10.1. The summed E-state index contributed by atoms with van der Waals surface area (Å²) in [5.74, 6) is 2.09. The molecule has 3 N–H and O–H groups in total. The number of carbonyl (C=O) groups is 1. The fourth-order valence-electron chi connectivity index (χ4n) is 2.92. The maximum Gasteiger partial charge on any atom is 0.243 e. The van der Waals surface area contributed by atoms with Gasteiger partial charge in [-0.25, -0.2) is 4.98 Å². The molecule has 1 aromatic carbocycles. The molecule has 0 spiro atoms. The molecule has 1 aromatic heterocycles. The van der Waals surface area contributed by atoms with Gasteiger partial charge in [0.15, 0.2) is 0 Å². The van der Waals surface area contributed by atoms with Crippen molar-refractivity contribution in [2.24, 2.45) is 0 Å². The molecule has 1 aliphatic rings. The second kappa shape index (κ2) is 8.35. The highest BCUT2D eigenvalue weighted by molar-refractivity contribution is 7.98. The van der Waals surface area contributed by atoms with Crippen molar-refractivity contribution in [3.05, 3.63) is 53.1 Å². The summed E-state index contributed by atoms with van der Waals surface area (Å²) in [5, 5.41) is 6.26. The first-order chi connectivity index (χ1) is 11.7. The summed E-state index contributed by atoms with van der Waals surface area (Å²) in [6, 6.07) is 8.29. The molecule has 1 atom stereocenters. The second-order valence-corrected chi connectivity index (χ2v) is 7.19. The Morgan fingerprint density at radius 2 is 2.38 bits per heavy atom. The van der Waals surface area contributed by atoms with Crippen LogP contribution in [0.25, 0.3) is 0 Å². The molecule has 0 unspecified atom stereocenters. The quantitative estimate of drug-likeness (QED) is 0.674. The third-order valence-electron chi connectivity index (χ3n) is 4.13. The van der Waals surface area contributed by atoms with Gasteiger partial charge >= 0.3 is 0 Å². The Kier molecular flexibility index (Phi) is 5.93. The molecule has 2 heterocycles. The van der Waals surface area contributed by atoms with Gasteiger partial charge in [-0.15, -0.1) is 0 Å². The predicted molar refractivity (Wildman–Crippen MR) is 98.0 cm³/mol. The van der Waals surface area contributed by atoms with E-state index in [4.69, 9.17) is 0 Å². The van der Waals surface area contributed by atoms with Crippen LogP contribution >= 0.6 is 11.8 Å². The summed E-state index contributed by atoms with van der Waals surface area (Å²) in [7, 11) is 0. The highest BCUT2D eigenvalue weighted by atomic mass is 32.2. The largest absolute Gasteiger partial charge is 0.354 e. The Balaban J connectivity index is 1.35. The van der Waals surface area contributed by atoms with E-state index in [0.717, 1.165) is 42.3 Å². The highest BCUT2D eigenvalue weighted by Crippen LogP contribution is 2.19. The Bertz CT molecular complexity index is 685. The number of carbonyl (C=O) groups excluding carboxylic acids is 1. The number of imidazole rings is 1. The zero-order valence-electron chi connectivity index (χ0n) is 14.0. The average Bonchev–Trinajstić information content (AvgIpc) is 3.06. The molecule has 0 aliphatic carbocycles. The first-order valence-corrected chi connectivity index (χ1v) is 9.56. The van der Waals surface area contributed by atoms with Crippen LogP contribution < -0.4 is 10.6 Å². The fourth-order valence-corrected chi connectivity index (χ4v) is 3.82. The van der Waals surface area contributed by atoms with Crippen LogP contribution in [-0.2, 0) is 17.0 Å². The van der Waals surface area contributed by atoms with Gasteiger partial charge in [-0.2, -0.15) is 11.8 Å². The summed E-state index contributed by atoms with van der Waals surface area (Å²) in [6.07, 6.45) is 3.54. The van der Waals surface area contributed by atoms with E-state index in [1.807, 2.05) is 11.8 Å². The third kappa shape index (κ3) is 4.39. The molecule has 5 nitrogen and oxygen atoms in total. The van der Waals surface area contributed by atoms with Crippen molar-refractivity contribution in [3.8, 4) is 0 Å². The van der Waals surface area contributed by atoms with Gasteiger partial charge in [0.05, 0.1) is 12.0 Å². The molecule has 0 fully saturated rings. The van der Waals surface area contributed by atoms with Gasteiger partial charge < -0.3 is 15.6 Å². The molecule has 128 valence electrons. The molecule has 24 heavy (non-hydrogen) atoms. The predicted octanol–water partition coefficient (Wildman–Crippen LogP) is 2.34. The molecule has 2 aromatic rings. The molecule has 1 amide bonds. The number of amides is 1. The summed E-state index contributed by atoms with van der Waals surface area (Å²) >= 11 is 1.91. The Morgan fingerprint density at radius 1 is 1.46 bits per heavy atom. The maximum absolute atomic E-state index is 12.3. The van der Waals surface area contributed by atoms with E-state index < -0.39 is 0 Å². The fraction of sp³-hybridized carbons (Fsp3) is 0.444. The van der Waals surface area contributed by atoms with E-state index in [-0.39, 0.29) is 11.9 Å². The van der Waals surface area contributed by atoms with Crippen LogP contribution in [0.3, 0.4) is 0 Å². The van der Waals surface area contributed by atoms with Gasteiger partial charge in [-0.1, -0.05) is 29.8 Å². The van der Waals surface area contributed by atoms with Gasteiger partial charge in [-0.05, 0) is 24.7 Å². The van der Waals surface area contributed by atoms with Crippen molar-refractivity contribution in [1.29, 1.82) is 0 Å². The SMILES string of the molecule is Cc1cccc(CSCCCNC(=O)[C@@H]2NCCc3[nH]cnc32)c1. The lowest BCUT2D eigenvalue weighted by molar-refractivity contribution is -0.123. The van der Waals surface area contributed by atoms with Gasteiger partial charge in [0, 0.05) is 31.0 Å². The van der Waals surface area contributed by atoms with Crippen LogP contribution in [0.4, 0.5) is 0 Å². The smallest absolute Gasteiger partial charge is 0.243 e. The van der Waals surface area contributed by atoms with Crippen molar-refractivity contribution >= 4 is 17.7 Å². The molecule has 0 saturated heterocycles. The highest BCUT2D eigenvalue weighted by Gasteiger charge is 2.27. The number of aryl methyl sites for hydroxylation is 1. The van der Waals surface area contributed by atoms with Crippen molar-refractivity contribution in [2.45, 2.75) is 31.6 Å². The number of rotatable bonds is 7. The van der Waals surface area contributed by atoms with Crippen molar-refractivity contribution < 1.29 is 4.79 Å². The van der Waals surface area contributed by atoms with Crippen LogP contribution in [0.15, 0.2) is 30.6 Å². The van der Waals surface area contributed by atoms with Crippen LogP contribution in [0.5, 0.6) is 0 Å². The van der Waals surface area contributed by atoms with E-state index in [9.17, 15) is 4.79 Å². The summed E-state index contributed by atoms with van der Waals surface area (Å²) in [5.41, 5.74) is 4.58. The van der Waals surface area contributed by atoms with Crippen molar-refractivity contribution in [3.63, 3.8) is 0 Å². The first-order valence-electron chi connectivity index (χ1n) is 8.40. The number of hydrogen-bond donors (Lipinski definition) is 3. The lowest BCUT2D eigenvalue weighted by Crippen LogP contribution is -2.41. The minimum Gasteiger partial charge on any atom is -0.354 e.